The van der Waals surface area contributed by atoms with Crippen LogP contribution in [0.25, 0.3) is 0 Å². The van der Waals surface area contributed by atoms with Crippen molar-refractivity contribution in [3.63, 3.8) is 0 Å². The molecular formula is C12H19F5N2O5S2. The van der Waals surface area contributed by atoms with Crippen molar-refractivity contribution in [2.75, 3.05) is 13.1 Å². The molecule has 0 bridgehead atoms. The zero-order valence-electron chi connectivity index (χ0n) is 13.4. The SMILES string of the molecule is O=C(N1CCC2CCCCC2C1)C(F)(F)S(=O)(=O)NS(O)(O)C(F)(F)F. The average molecular weight is 430 g/mol. The molecule has 2 fully saturated rings. The maximum atomic E-state index is 14.1. The molecule has 2 atom stereocenters. The quantitative estimate of drug-likeness (QED) is 0.595. The normalized spacial score (nSPS) is 26.3. The van der Waals surface area contributed by atoms with Crippen LogP contribution in [0.2, 0.25) is 0 Å². The number of hydrogen-bond donors (Lipinski definition) is 3. The lowest BCUT2D eigenvalue weighted by Crippen LogP contribution is -2.56. The summed E-state index contributed by atoms with van der Waals surface area (Å²) in [7, 11) is -12.4. The number of sulfonamides is 1. The zero-order chi connectivity index (χ0) is 20.0. The van der Waals surface area contributed by atoms with E-state index in [0.29, 0.717) is 17.7 Å². The lowest BCUT2D eigenvalue weighted by molar-refractivity contribution is -0.150. The highest BCUT2D eigenvalue weighted by molar-refractivity contribution is 8.28. The minimum absolute atomic E-state index is 0.0662. The fourth-order valence-corrected chi connectivity index (χ4v) is 5.72. The number of amides is 1. The van der Waals surface area contributed by atoms with Crippen molar-refractivity contribution in [3.05, 3.63) is 0 Å². The Labute approximate surface area is 148 Å². The molecule has 2 aliphatic rings. The molecule has 0 aromatic heterocycles. The van der Waals surface area contributed by atoms with Gasteiger partial charge in [0.2, 0.25) is 0 Å². The second kappa shape index (κ2) is 7.04. The van der Waals surface area contributed by atoms with Crippen LogP contribution in [-0.2, 0) is 14.8 Å². The van der Waals surface area contributed by atoms with Gasteiger partial charge in [-0.15, -0.1) is 0 Å². The van der Waals surface area contributed by atoms with E-state index >= 15 is 0 Å². The lowest BCUT2D eigenvalue weighted by atomic mass is 9.75. The molecule has 0 spiro atoms. The third-order valence-corrected chi connectivity index (χ3v) is 8.02. The number of nitrogens with one attached hydrogen (secondary N) is 1. The number of piperidine rings is 1. The van der Waals surface area contributed by atoms with Gasteiger partial charge in [0.1, 0.15) is 0 Å². The summed E-state index contributed by atoms with van der Waals surface area (Å²) >= 11 is 0. The number of alkyl halides is 5. The number of likely N-dealkylation sites (tertiary alicyclic amines) is 1. The standard InChI is InChI=1S/C12H19F5N2O5S2/c13-11(14,25(21,22)18-26(23,24)12(15,16)17)10(20)19-6-5-8-3-1-2-4-9(8)7-19/h8-9,18,23-24H,1-7H2. The van der Waals surface area contributed by atoms with E-state index in [1.54, 1.807) is 0 Å². The van der Waals surface area contributed by atoms with Gasteiger partial charge in [0.05, 0.1) is 0 Å². The Morgan fingerprint density at radius 1 is 1.00 bits per heavy atom. The van der Waals surface area contributed by atoms with Gasteiger partial charge in [-0.2, -0.15) is 22.0 Å². The summed E-state index contributed by atoms with van der Waals surface area (Å²) < 4.78 is 106. The number of halogens is 5. The molecule has 1 saturated carbocycles. The molecule has 0 aromatic rings. The number of fused-ring (bicyclic) bond motifs is 1. The maximum absolute atomic E-state index is 14.1. The van der Waals surface area contributed by atoms with E-state index in [0.717, 1.165) is 19.3 Å². The molecule has 26 heavy (non-hydrogen) atoms. The molecule has 0 aromatic carbocycles. The molecule has 1 aliphatic carbocycles. The second-order valence-corrected chi connectivity index (χ2v) is 10.2. The minimum Gasteiger partial charge on any atom is -0.336 e. The molecule has 0 radical (unpaired) electrons. The Kier molecular flexibility index (Phi) is 5.85. The number of rotatable bonds is 4. The molecular weight excluding hydrogens is 411 g/mol. The molecule has 1 aliphatic heterocycles. The van der Waals surface area contributed by atoms with Gasteiger partial charge in [0.25, 0.3) is 0 Å². The molecule has 154 valence electrons. The monoisotopic (exact) mass is 430 g/mol. The van der Waals surface area contributed by atoms with Gasteiger partial charge in [-0.1, -0.05) is 23.4 Å². The summed E-state index contributed by atoms with van der Waals surface area (Å²) in [5, 5.41) is -5.27. The van der Waals surface area contributed by atoms with Crippen LogP contribution in [0.5, 0.6) is 0 Å². The van der Waals surface area contributed by atoms with Crippen LogP contribution in [0.1, 0.15) is 32.1 Å². The number of carbonyl (C=O) groups excluding carboxylic acids is 1. The summed E-state index contributed by atoms with van der Waals surface area (Å²) in [6, 6.07) is 0. The van der Waals surface area contributed by atoms with Crippen molar-refractivity contribution in [2.24, 2.45) is 11.8 Å². The van der Waals surface area contributed by atoms with Crippen molar-refractivity contribution in [3.8, 4) is 0 Å². The topological polar surface area (TPSA) is 107 Å². The van der Waals surface area contributed by atoms with Crippen molar-refractivity contribution in [1.29, 1.82) is 0 Å². The Morgan fingerprint density at radius 2 is 1.54 bits per heavy atom. The van der Waals surface area contributed by atoms with Gasteiger partial charge < -0.3 is 4.90 Å². The average Bonchev–Trinajstić information content (AvgIpc) is 2.51. The molecule has 3 N–H and O–H groups in total. The zero-order valence-corrected chi connectivity index (χ0v) is 15.0. The number of nitrogens with zero attached hydrogens (tertiary/aromatic N) is 1. The van der Waals surface area contributed by atoms with Gasteiger partial charge in [-0.3, -0.25) is 13.9 Å². The summed E-state index contributed by atoms with van der Waals surface area (Å²) in [5.74, 6) is -2.00. The molecule has 2 rings (SSSR count). The highest BCUT2D eigenvalue weighted by Gasteiger charge is 2.60. The van der Waals surface area contributed by atoms with Crippen LogP contribution in [0.3, 0.4) is 0 Å². The predicted octanol–water partition coefficient (Wildman–Crippen LogP) is 2.72. The number of carbonyl (C=O) groups is 1. The van der Waals surface area contributed by atoms with Gasteiger partial charge in [0.15, 0.2) is 0 Å². The van der Waals surface area contributed by atoms with E-state index in [9.17, 15) is 35.2 Å². The van der Waals surface area contributed by atoms with Crippen molar-refractivity contribution in [1.82, 2.24) is 9.03 Å². The first-order valence-corrected chi connectivity index (χ1v) is 10.8. The van der Waals surface area contributed by atoms with Crippen molar-refractivity contribution in [2.45, 2.75) is 42.9 Å². The molecule has 2 unspecified atom stereocenters. The summed E-state index contributed by atoms with van der Waals surface area (Å²) in [5.41, 5.74) is -5.90. The van der Waals surface area contributed by atoms with Crippen LogP contribution < -0.4 is 4.13 Å². The highest BCUT2D eigenvalue weighted by atomic mass is 32.3. The van der Waals surface area contributed by atoms with Crippen molar-refractivity contribution < 1.29 is 44.3 Å². The van der Waals surface area contributed by atoms with Crippen LogP contribution in [-0.4, -0.2) is 52.2 Å². The van der Waals surface area contributed by atoms with Crippen LogP contribution in [0, 0.1) is 11.8 Å². The highest BCUT2D eigenvalue weighted by Crippen LogP contribution is 2.53. The lowest BCUT2D eigenvalue weighted by Gasteiger charge is -2.42. The molecule has 1 saturated heterocycles. The fourth-order valence-electron chi connectivity index (χ4n) is 3.34. The van der Waals surface area contributed by atoms with Crippen LogP contribution >= 0.6 is 10.8 Å². The third kappa shape index (κ3) is 4.08. The first kappa shape index (κ1) is 21.6. The fraction of sp³-hybridized carbons (Fsp3) is 0.917. The summed E-state index contributed by atoms with van der Waals surface area (Å²) in [4.78, 5) is 12.6. The largest absolute Gasteiger partial charge is 0.510 e. The molecule has 1 amide bonds. The van der Waals surface area contributed by atoms with E-state index in [2.05, 4.69) is 0 Å². The predicted molar refractivity (Wildman–Crippen MR) is 82.6 cm³/mol. The summed E-state index contributed by atoms with van der Waals surface area (Å²) in [6.07, 6.45) is 3.82. The maximum Gasteiger partial charge on any atom is 0.510 e. The van der Waals surface area contributed by atoms with Gasteiger partial charge in [-0.25, -0.2) is 8.42 Å². The number of hydrogen-bond acceptors (Lipinski definition) is 5. The van der Waals surface area contributed by atoms with Crippen LogP contribution in [0.15, 0.2) is 0 Å². The second-order valence-electron chi connectivity index (χ2n) is 6.44. The van der Waals surface area contributed by atoms with Gasteiger partial charge >= 0.3 is 26.7 Å². The van der Waals surface area contributed by atoms with E-state index in [1.165, 1.54) is 0 Å². The smallest absolute Gasteiger partial charge is 0.336 e. The van der Waals surface area contributed by atoms with Gasteiger partial charge in [-0.05, 0) is 35.5 Å². The molecule has 14 heteroatoms. The van der Waals surface area contributed by atoms with Crippen LogP contribution in [0.4, 0.5) is 22.0 Å². The Morgan fingerprint density at radius 3 is 2.08 bits per heavy atom. The first-order chi connectivity index (χ1) is 11.7. The van der Waals surface area contributed by atoms with Crippen molar-refractivity contribution >= 4 is 26.7 Å². The van der Waals surface area contributed by atoms with E-state index in [1.807, 2.05) is 0 Å². The van der Waals surface area contributed by atoms with Gasteiger partial charge in [0, 0.05) is 13.1 Å². The Balaban J connectivity index is 2.16. The van der Waals surface area contributed by atoms with E-state index in [-0.39, 0.29) is 29.1 Å². The summed E-state index contributed by atoms with van der Waals surface area (Å²) in [6.45, 7) is -0.245. The Bertz CT molecular complexity index is 655. The molecule has 1 heterocycles. The minimum atomic E-state index is -6.34. The van der Waals surface area contributed by atoms with E-state index in [4.69, 9.17) is 9.11 Å². The first-order valence-electron chi connectivity index (χ1n) is 7.74. The van der Waals surface area contributed by atoms with E-state index < -0.39 is 37.5 Å². The third-order valence-electron chi connectivity index (χ3n) is 4.71. The Hall–Kier alpha value is -0.700. The molecule has 7 nitrogen and oxygen atoms in total.